The van der Waals surface area contributed by atoms with Crippen LogP contribution < -0.4 is 0 Å². The summed E-state index contributed by atoms with van der Waals surface area (Å²) < 4.78 is 18.2. The molecule has 0 aromatic heterocycles. The highest BCUT2D eigenvalue weighted by molar-refractivity contribution is 6.74. The lowest BCUT2D eigenvalue weighted by atomic mass is 9.70. The van der Waals surface area contributed by atoms with E-state index in [1.807, 2.05) is 18.2 Å². The van der Waals surface area contributed by atoms with Crippen molar-refractivity contribution in [3.05, 3.63) is 47.5 Å². The van der Waals surface area contributed by atoms with E-state index in [0.717, 1.165) is 12.8 Å². The summed E-state index contributed by atoms with van der Waals surface area (Å²) in [6, 6.07) is 9.08. The number of esters is 2. The molecule has 2 bridgehead atoms. The number of methoxy groups -OCH3 is 1. The van der Waals surface area contributed by atoms with Crippen LogP contribution in [0.3, 0.4) is 0 Å². The minimum atomic E-state index is -1.99. The predicted molar refractivity (Wildman–Crippen MR) is 126 cm³/mol. The Morgan fingerprint density at radius 2 is 1.78 bits per heavy atom. The summed E-state index contributed by atoms with van der Waals surface area (Å²) in [5.74, 6) is -0.592. The molecule has 0 amide bonds. The van der Waals surface area contributed by atoms with E-state index < -0.39 is 13.7 Å². The minimum absolute atomic E-state index is 0.00529. The zero-order valence-corrected chi connectivity index (χ0v) is 21.1. The van der Waals surface area contributed by atoms with Crippen molar-refractivity contribution in [1.29, 1.82) is 0 Å². The van der Waals surface area contributed by atoms with Gasteiger partial charge in [-0.1, -0.05) is 50.6 Å². The van der Waals surface area contributed by atoms with E-state index in [9.17, 15) is 9.59 Å². The van der Waals surface area contributed by atoms with Gasteiger partial charge in [0.2, 0.25) is 0 Å². The number of carbonyl (C=O) groups excluding carboxylic acids is 2. The van der Waals surface area contributed by atoms with E-state index in [4.69, 9.17) is 13.9 Å². The standard InChI is InChI=1S/C26H36O5Si/c1-25(2,3)32(5,6)31-20-13-12-18-14-19-15-26(16-20,24(28)29-4)21(18)22(19)30-23(27)17-10-8-7-9-11-17/h7-11,14,19-22H,12-13,15-16H2,1-6H3/t19?,20-,21?,22?,26?/m1/s1. The van der Waals surface area contributed by atoms with Crippen molar-refractivity contribution in [2.24, 2.45) is 17.3 Å². The van der Waals surface area contributed by atoms with Crippen LogP contribution in [0.15, 0.2) is 42.0 Å². The molecule has 174 valence electrons. The highest BCUT2D eigenvalue weighted by Gasteiger charge is 2.65. The number of benzene rings is 1. The van der Waals surface area contributed by atoms with Gasteiger partial charge >= 0.3 is 11.9 Å². The van der Waals surface area contributed by atoms with E-state index in [1.165, 1.54) is 12.7 Å². The molecule has 4 unspecified atom stereocenters. The summed E-state index contributed by atoms with van der Waals surface area (Å²) in [7, 11) is -0.525. The number of carbonyl (C=O) groups is 2. The topological polar surface area (TPSA) is 61.8 Å². The van der Waals surface area contributed by atoms with Gasteiger partial charge in [-0.3, -0.25) is 4.79 Å². The van der Waals surface area contributed by atoms with Gasteiger partial charge in [-0.2, -0.15) is 0 Å². The largest absolute Gasteiger partial charge is 0.469 e. The second kappa shape index (κ2) is 8.14. The first-order chi connectivity index (χ1) is 15.0. The molecule has 1 aromatic carbocycles. The molecule has 0 radical (unpaired) electrons. The van der Waals surface area contributed by atoms with Crippen molar-refractivity contribution in [1.82, 2.24) is 0 Å². The summed E-state index contributed by atoms with van der Waals surface area (Å²) in [6.45, 7) is 11.2. The second-order valence-corrected chi connectivity index (χ2v) is 16.0. The summed E-state index contributed by atoms with van der Waals surface area (Å²) >= 11 is 0. The molecule has 2 fully saturated rings. The molecule has 1 aromatic rings. The minimum Gasteiger partial charge on any atom is -0.469 e. The van der Waals surface area contributed by atoms with Gasteiger partial charge in [0.25, 0.3) is 0 Å². The summed E-state index contributed by atoms with van der Waals surface area (Å²) in [6.07, 6.45) is 4.98. The molecular weight excluding hydrogens is 420 g/mol. The maximum Gasteiger partial charge on any atom is 0.338 e. The molecule has 0 aliphatic heterocycles. The van der Waals surface area contributed by atoms with E-state index in [-0.39, 0.29) is 41.0 Å². The van der Waals surface area contributed by atoms with Gasteiger partial charge in [-0.25, -0.2) is 4.79 Å². The molecule has 3 aliphatic rings. The lowest BCUT2D eigenvalue weighted by Gasteiger charge is -2.41. The Bertz CT molecular complexity index is 916. The van der Waals surface area contributed by atoms with Crippen LogP contribution in [0, 0.1) is 17.3 Å². The molecule has 6 heteroatoms. The first-order valence-electron chi connectivity index (χ1n) is 11.7. The summed E-state index contributed by atoms with van der Waals surface area (Å²) in [4.78, 5) is 26.1. The van der Waals surface area contributed by atoms with Gasteiger partial charge < -0.3 is 13.9 Å². The molecule has 5 atom stereocenters. The Hall–Kier alpha value is -1.92. The lowest BCUT2D eigenvalue weighted by Crippen LogP contribution is -2.47. The monoisotopic (exact) mass is 456 g/mol. The van der Waals surface area contributed by atoms with Gasteiger partial charge in [0, 0.05) is 17.9 Å². The molecule has 2 saturated carbocycles. The third-order valence-corrected chi connectivity index (χ3v) is 12.8. The van der Waals surface area contributed by atoms with Crippen LogP contribution in [0.25, 0.3) is 0 Å². The van der Waals surface area contributed by atoms with E-state index >= 15 is 0 Å². The summed E-state index contributed by atoms with van der Waals surface area (Å²) in [5, 5.41) is 0.0992. The predicted octanol–water partition coefficient (Wildman–Crippen LogP) is 5.52. The SMILES string of the molecule is COC(=O)C12CC3C=C(CC[C@@H](O[Si](C)(C)C(C)(C)C)C1)C2C3OC(=O)c1ccccc1. The van der Waals surface area contributed by atoms with Gasteiger partial charge in [0.05, 0.1) is 18.1 Å². The fourth-order valence-corrected chi connectivity index (χ4v) is 7.11. The number of rotatable bonds is 5. The first-order valence-corrected chi connectivity index (χ1v) is 14.6. The lowest BCUT2D eigenvalue weighted by molar-refractivity contribution is -0.157. The molecule has 0 N–H and O–H groups in total. The quantitative estimate of drug-likeness (QED) is 0.332. The van der Waals surface area contributed by atoms with Gasteiger partial charge in [-0.05, 0) is 55.9 Å². The Labute approximate surface area is 192 Å². The fraction of sp³-hybridized carbons (Fsp3) is 0.615. The Balaban J connectivity index is 1.61. The smallest absolute Gasteiger partial charge is 0.338 e. The van der Waals surface area contributed by atoms with Crippen molar-refractivity contribution in [3.63, 3.8) is 0 Å². The van der Waals surface area contributed by atoms with Crippen molar-refractivity contribution >= 4 is 20.3 Å². The maximum absolute atomic E-state index is 13.3. The van der Waals surface area contributed by atoms with Gasteiger partial charge in [0.1, 0.15) is 6.10 Å². The molecule has 0 spiro atoms. The average Bonchev–Trinajstić information content (AvgIpc) is 3.19. The molecule has 4 rings (SSSR count). The highest BCUT2D eigenvalue weighted by Crippen LogP contribution is 2.62. The van der Waals surface area contributed by atoms with Crippen LogP contribution in [0.5, 0.6) is 0 Å². The number of hydrogen-bond donors (Lipinski definition) is 0. The van der Waals surface area contributed by atoms with Crippen molar-refractivity contribution in [2.45, 2.75) is 76.8 Å². The van der Waals surface area contributed by atoms with Gasteiger partial charge in [-0.15, -0.1) is 0 Å². The third kappa shape index (κ3) is 3.85. The average molecular weight is 457 g/mol. The normalized spacial score (nSPS) is 31.6. The van der Waals surface area contributed by atoms with Gasteiger partial charge in [0.15, 0.2) is 8.32 Å². The maximum atomic E-state index is 13.3. The van der Waals surface area contributed by atoms with Crippen molar-refractivity contribution < 1.29 is 23.5 Å². The molecule has 32 heavy (non-hydrogen) atoms. The van der Waals surface area contributed by atoms with Crippen LogP contribution in [0.1, 0.15) is 56.8 Å². The van der Waals surface area contributed by atoms with Crippen LogP contribution in [-0.4, -0.2) is 39.6 Å². The third-order valence-electron chi connectivity index (χ3n) is 8.23. The Kier molecular flexibility index (Phi) is 5.91. The van der Waals surface area contributed by atoms with Crippen molar-refractivity contribution in [3.8, 4) is 0 Å². The van der Waals surface area contributed by atoms with Crippen LogP contribution in [0.2, 0.25) is 18.1 Å². The van der Waals surface area contributed by atoms with Crippen LogP contribution in [0.4, 0.5) is 0 Å². The van der Waals surface area contributed by atoms with E-state index in [0.29, 0.717) is 18.4 Å². The molecule has 0 saturated heterocycles. The molecular formula is C26H36O5Si. The van der Waals surface area contributed by atoms with E-state index in [1.54, 1.807) is 12.1 Å². The Morgan fingerprint density at radius 1 is 1.09 bits per heavy atom. The highest BCUT2D eigenvalue weighted by atomic mass is 28.4. The Morgan fingerprint density at radius 3 is 2.41 bits per heavy atom. The van der Waals surface area contributed by atoms with Crippen molar-refractivity contribution in [2.75, 3.05) is 7.11 Å². The number of ether oxygens (including phenoxy) is 2. The molecule has 3 aliphatic carbocycles. The zero-order chi connectivity index (χ0) is 23.3. The molecule has 5 nitrogen and oxygen atoms in total. The van der Waals surface area contributed by atoms with Crippen LogP contribution in [-0.2, 0) is 18.7 Å². The first kappa shape index (κ1) is 23.2. The number of fused-ring (bicyclic) bond motifs is 1. The molecule has 0 heterocycles. The van der Waals surface area contributed by atoms with E-state index in [2.05, 4.69) is 39.9 Å². The fourth-order valence-electron chi connectivity index (χ4n) is 5.72. The van der Waals surface area contributed by atoms with Crippen LogP contribution >= 0.6 is 0 Å². The second-order valence-electron chi connectivity index (χ2n) is 11.2. The number of hydrogen-bond acceptors (Lipinski definition) is 5. The zero-order valence-electron chi connectivity index (χ0n) is 20.1. The summed E-state index contributed by atoms with van der Waals surface area (Å²) in [5.41, 5.74) is 1.09.